The molecule has 0 spiro atoms. The third kappa shape index (κ3) is 5.54. The fraction of sp³-hybridized carbons (Fsp3) is 0. The van der Waals surface area contributed by atoms with Gasteiger partial charge >= 0.3 is 0 Å². The molecule has 5 aromatic heterocycles. The number of hydrogen-bond donors (Lipinski definition) is 0. The van der Waals surface area contributed by atoms with Gasteiger partial charge in [-0.2, -0.15) is 9.97 Å². The van der Waals surface area contributed by atoms with Crippen LogP contribution in [0.1, 0.15) is 0 Å². The normalized spacial score (nSPS) is 12.0. The van der Waals surface area contributed by atoms with E-state index in [1.807, 2.05) is 18.2 Å². The van der Waals surface area contributed by atoms with E-state index in [1.54, 1.807) is 0 Å². The fourth-order valence-corrected chi connectivity index (χ4v) is 11.3. The number of para-hydroxylation sites is 7. The van der Waals surface area contributed by atoms with Crippen LogP contribution in [0.5, 0.6) is 0 Å². The van der Waals surface area contributed by atoms with Crippen LogP contribution >= 0.6 is 0 Å². The van der Waals surface area contributed by atoms with Gasteiger partial charge in [-0.05, 0) is 66.7 Å². The van der Waals surface area contributed by atoms with Crippen molar-refractivity contribution in [2.45, 2.75) is 0 Å². The van der Waals surface area contributed by atoms with Gasteiger partial charge in [0.05, 0.1) is 49.8 Å². The second-order valence-electron chi connectivity index (χ2n) is 18.0. The Labute approximate surface area is 401 Å². The minimum atomic E-state index is 0.530. The van der Waals surface area contributed by atoms with Crippen LogP contribution in [0.4, 0.5) is 0 Å². The average Bonchev–Trinajstić information content (AvgIpc) is 4.16. The molecule has 0 amide bonds. The van der Waals surface area contributed by atoms with Crippen molar-refractivity contribution in [3.63, 3.8) is 0 Å². The van der Waals surface area contributed by atoms with E-state index >= 15 is 0 Å². The summed E-state index contributed by atoms with van der Waals surface area (Å²) in [5.74, 6) is 1.70. The molecule has 0 atom stereocenters. The lowest BCUT2D eigenvalue weighted by Gasteiger charge is -2.16. The maximum absolute atomic E-state index is 5.60. The quantitative estimate of drug-likeness (QED) is 0.167. The number of benzene rings is 10. The van der Waals surface area contributed by atoms with Crippen molar-refractivity contribution >= 4 is 87.2 Å². The molecule has 0 aliphatic carbocycles. The lowest BCUT2D eigenvalue weighted by Crippen LogP contribution is -2.08. The van der Waals surface area contributed by atoms with E-state index in [0.717, 1.165) is 93.9 Å². The zero-order valence-corrected chi connectivity index (χ0v) is 37.6. The summed E-state index contributed by atoms with van der Waals surface area (Å²) in [6.07, 6.45) is 0. The molecule has 326 valence electrons. The van der Waals surface area contributed by atoms with Gasteiger partial charge in [0.1, 0.15) is 0 Å². The molecule has 0 N–H and O–H groups in total. The molecule has 15 aromatic rings. The Bertz CT molecular complexity index is 4520. The van der Waals surface area contributed by atoms with E-state index in [9.17, 15) is 0 Å². The molecule has 15 rings (SSSR count). The van der Waals surface area contributed by atoms with Gasteiger partial charge in [-0.1, -0.05) is 170 Å². The van der Waals surface area contributed by atoms with Crippen molar-refractivity contribution in [3.05, 3.63) is 237 Å². The van der Waals surface area contributed by atoms with E-state index < -0.39 is 0 Å². The molecule has 0 aliphatic rings. The standard InChI is InChI=1S/C63H39N7/c1-4-20-40(21-5-1)61-64-62(41-36-37-48-46-28-10-15-31-51(46)67(56(48)38-41)42-22-6-2-7-23-42)66-63(65-61)70-55-35-19-14-30-49(55)58-59-50(47-29-13-16-32-52(47)68(59)43-24-8-3-9-25-43)39-57(60(58)70)69-53-33-17-11-26-44(53)45-27-12-18-34-54(45)69/h1-39H. The van der Waals surface area contributed by atoms with E-state index in [-0.39, 0.29) is 0 Å². The third-order valence-electron chi connectivity index (χ3n) is 14.2. The molecule has 7 nitrogen and oxygen atoms in total. The number of fused-ring (bicyclic) bond motifs is 13. The molecule has 0 radical (unpaired) electrons. The van der Waals surface area contributed by atoms with Crippen molar-refractivity contribution in [3.8, 4) is 45.8 Å². The van der Waals surface area contributed by atoms with Crippen molar-refractivity contribution in [1.82, 2.24) is 33.2 Å². The first-order chi connectivity index (χ1) is 34.8. The lowest BCUT2D eigenvalue weighted by molar-refractivity contribution is 0.950. The van der Waals surface area contributed by atoms with Gasteiger partial charge in [0, 0.05) is 65.6 Å². The Morgan fingerprint density at radius 1 is 0.257 bits per heavy atom. The minimum absolute atomic E-state index is 0.530. The predicted octanol–water partition coefficient (Wildman–Crippen LogP) is 15.6. The van der Waals surface area contributed by atoms with E-state index in [4.69, 9.17) is 15.0 Å². The van der Waals surface area contributed by atoms with Gasteiger partial charge in [0.25, 0.3) is 0 Å². The number of rotatable bonds is 6. The molecule has 0 aliphatic heterocycles. The van der Waals surface area contributed by atoms with Gasteiger partial charge in [0.2, 0.25) is 5.95 Å². The highest BCUT2D eigenvalue weighted by atomic mass is 15.2. The predicted molar refractivity (Wildman–Crippen MR) is 288 cm³/mol. The molecule has 0 saturated carbocycles. The zero-order valence-electron chi connectivity index (χ0n) is 37.6. The van der Waals surface area contributed by atoms with Gasteiger partial charge < -0.3 is 13.7 Å². The van der Waals surface area contributed by atoms with Crippen LogP contribution in [-0.4, -0.2) is 33.2 Å². The van der Waals surface area contributed by atoms with Crippen molar-refractivity contribution < 1.29 is 0 Å². The van der Waals surface area contributed by atoms with E-state index in [0.29, 0.717) is 17.6 Å². The smallest absolute Gasteiger partial charge is 0.238 e. The Hall–Kier alpha value is -9.59. The van der Waals surface area contributed by atoms with E-state index in [2.05, 4.69) is 237 Å². The fourth-order valence-electron chi connectivity index (χ4n) is 11.3. The highest BCUT2D eigenvalue weighted by molar-refractivity contribution is 6.28. The molecular formula is C63H39N7. The van der Waals surface area contributed by atoms with Gasteiger partial charge in [-0.25, -0.2) is 4.98 Å². The van der Waals surface area contributed by atoms with Crippen LogP contribution < -0.4 is 0 Å². The van der Waals surface area contributed by atoms with Gasteiger partial charge in [-0.15, -0.1) is 0 Å². The third-order valence-corrected chi connectivity index (χ3v) is 14.2. The van der Waals surface area contributed by atoms with Gasteiger partial charge in [-0.3, -0.25) is 4.57 Å². The summed E-state index contributed by atoms with van der Waals surface area (Å²) in [6.45, 7) is 0. The first-order valence-corrected chi connectivity index (χ1v) is 23.7. The van der Waals surface area contributed by atoms with Crippen LogP contribution in [-0.2, 0) is 0 Å². The van der Waals surface area contributed by atoms with Crippen molar-refractivity contribution in [2.75, 3.05) is 0 Å². The summed E-state index contributed by atoms with van der Waals surface area (Å²) < 4.78 is 9.53. The molecule has 70 heavy (non-hydrogen) atoms. The molecule has 0 saturated heterocycles. The first kappa shape index (κ1) is 38.5. The highest BCUT2D eigenvalue weighted by Gasteiger charge is 2.28. The van der Waals surface area contributed by atoms with Gasteiger partial charge in [0.15, 0.2) is 11.6 Å². The summed E-state index contributed by atoms with van der Waals surface area (Å²) in [5.41, 5.74) is 13.7. The summed E-state index contributed by atoms with van der Waals surface area (Å²) in [7, 11) is 0. The summed E-state index contributed by atoms with van der Waals surface area (Å²) >= 11 is 0. The Balaban J connectivity index is 1.11. The van der Waals surface area contributed by atoms with Crippen LogP contribution in [0.2, 0.25) is 0 Å². The first-order valence-electron chi connectivity index (χ1n) is 23.7. The number of nitrogens with zero attached hydrogens (tertiary/aromatic N) is 7. The lowest BCUT2D eigenvalue weighted by atomic mass is 10.1. The molecule has 7 heteroatoms. The van der Waals surface area contributed by atoms with Crippen LogP contribution in [0.3, 0.4) is 0 Å². The maximum atomic E-state index is 5.60. The Kier molecular flexibility index (Phi) is 8.23. The summed E-state index contributed by atoms with van der Waals surface area (Å²) in [6, 6.07) is 84.3. The summed E-state index contributed by atoms with van der Waals surface area (Å²) in [5, 5.41) is 9.29. The Morgan fingerprint density at radius 2 is 0.686 bits per heavy atom. The average molecular weight is 894 g/mol. The topological polar surface area (TPSA) is 58.4 Å². The second kappa shape index (κ2) is 15.0. The molecular weight excluding hydrogens is 855 g/mol. The number of aromatic nitrogens is 7. The maximum Gasteiger partial charge on any atom is 0.238 e. The largest absolute Gasteiger partial charge is 0.309 e. The van der Waals surface area contributed by atoms with Crippen LogP contribution in [0.15, 0.2) is 237 Å². The molecule has 10 aromatic carbocycles. The monoisotopic (exact) mass is 893 g/mol. The van der Waals surface area contributed by atoms with Crippen LogP contribution in [0, 0.1) is 0 Å². The summed E-state index contributed by atoms with van der Waals surface area (Å²) in [4.78, 5) is 16.4. The minimum Gasteiger partial charge on any atom is -0.309 e. The van der Waals surface area contributed by atoms with Crippen LogP contribution in [0.25, 0.3) is 133 Å². The van der Waals surface area contributed by atoms with Crippen molar-refractivity contribution in [2.24, 2.45) is 0 Å². The Morgan fingerprint density at radius 3 is 1.27 bits per heavy atom. The molecule has 0 bridgehead atoms. The number of hydrogen-bond acceptors (Lipinski definition) is 3. The highest BCUT2D eigenvalue weighted by Crippen LogP contribution is 2.46. The molecule has 5 heterocycles. The zero-order chi connectivity index (χ0) is 45.9. The molecule has 0 fully saturated rings. The van der Waals surface area contributed by atoms with E-state index in [1.165, 1.54) is 21.5 Å². The second-order valence-corrected chi connectivity index (χ2v) is 18.0. The SMILES string of the molecule is c1ccc(-c2nc(-c3ccc4c5ccccc5n(-c5ccccc5)c4c3)nc(-n3c4ccccc4c4c3c(-n3c5ccccc5c5ccccc53)cc3c5ccccc5n(-c5ccccc5)c34)n2)cc1. The molecule has 0 unspecified atom stereocenters. The van der Waals surface area contributed by atoms with Crippen molar-refractivity contribution in [1.29, 1.82) is 0 Å².